The van der Waals surface area contributed by atoms with Gasteiger partial charge in [-0.05, 0) is 31.5 Å². The third-order valence-electron chi connectivity index (χ3n) is 5.42. The molecular weight excluding hydrogens is 358 g/mol. The zero-order valence-corrected chi connectivity index (χ0v) is 16.0. The number of carbonyl (C=O) groups is 2. The monoisotopic (exact) mass is 379 g/mol. The molecule has 4 rings (SSSR count). The normalized spacial score (nSPS) is 31.7. The van der Waals surface area contributed by atoms with Crippen molar-refractivity contribution in [1.82, 2.24) is 0 Å². The Morgan fingerprint density at radius 1 is 1.15 bits per heavy atom. The molecular formula is C19H22ClNO5. The fourth-order valence-electron chi connectivity index (χ4n) is 4.52. The number of hydrogen-bond donors (Lipinski definition) is 0. The zero-order chi connectivity index (χ0) is 18.9. The molecule has 0 radical (unpaired) electrons. The molecule has 3 aliphatic rings. The Bertz CT molecular complexity index is 772. The number of anilines is 1. The lowest BCUT2D eigenvalue weighted by Gasteiger charge is -2.55. The Balaban J connectivity index is 1.90. The molecule has 3 aliphatic heterocycles. The minimum absolute atomic E-state index is 0.0460. The van der Waals surface area contributed by atoms with Gasteiger partial charge in [-0.25, -0.2) is 0 Å². The van der Waals surface area contributed by atoms with E-state index in [1.165, 1.54) is 0 Å². The maximum Gasteiger partial charge on any atom is 0.329 e. The smallest absolute Gasteiger partial charge is 0.329 e. The molecule has 0 aromatic heterocycles. The lowest BCUT2D eigenvalue weighted by atomic mass is 9.68. The highest BCUT2D eigenvalue weighted by Gasteiger charge is 2.66. The van der Waals surface area contributed by atoms with Crippen LogP contribution in [0.4, 0.5) is 5.69 Å². The molecule has 0 bridgehead atoms. The molecule has 1 aromatic carbocycles. The summed E-state index contributed by atoms with van der Waals surface area (Å²) >= 11 is 6.21. The van der Waals surface area contributed by atoms with E-state index >= 15 is 0 Å². The summed E-state index contributed by atoms with van der Waals surface area (Å²) in [6, 6.07) is 5.00. The van der Waals surface area contributed by atoms with E-state index in [0.717, 1.165) is 11.3 Å². The number of ether oxygens (including phenoxy) is 3. The molecule has 140 valence electrons. The van der Waals surface area contributed by atoms with Crippen molar-refractivity contribution in [3.05, 3.63) is 28.8 Å². The van der Waals surface area contributed by atoms with Gasteiger partial charge in [0.25, 0.3) is 5.79 Å². The van der Waals surface area contributed by atoms with Gasteiger partial charge >= 0.3 is 11.9 Å². The third kappa shape index (κ3) is 2.42. The number of carbonyl (C=O) groups excluding carboxylic acids is 2. The van der Waals surface area contributed by atoms with Crippen LogP contribution in [-0.2, 0) is 30.2 Å². The third-order valence-corrected chi connectivity index (χ3v) is 5.65. The van der Waals surface area contributed by atoms with Gasteiger partial charge < -0.3 is 19.1 Å². The van der Waals surface area contributed by atoms with E-state index in [1.807, 2.05) is 26.0 Å². The first-order valence-electron chi connectivity index (χ1n) is 8.81. The summed E-state index contributed by atoms with van der Waals surface area (Å²) < 4.78 is 17.0. The summed E-state index contributed by atoms with van der Waals surface area (Å²) in [5, 5.41) is 0.611. The molecule has 26 heavy (non-hydrogen) atoms. The number of rotatable bonds is 0. The Morgan fingerprint density at radius 3 is 2.46 bits per heavy atom. The van der Waals surface area contributed by atoms with Crippen molar-refractivity contribution in [2.45, 2.75) is 58.2 Å². The SMILES string of the molecule is C[C@@H]1O[C@@H](C)CN2c3cc(Cl)ccc3CC3(C(=O)OC(C)(C)OC3=O)[C@H]12. The summed E-state index contributed by atoms with van der Waals surface area (Å²) in [6.07, 6.45) is -0.196. The lowest BCUT2D eigenvalue weighted by Crippen LogP contribution is -2.71. The van der Waals surface area contributed by atoms with Crippen molar-refractivity contribution < 1.29 is 23.8 Å². The van der Waals surface area contributed by atoms with Gasteiger partial charge in [-0.3, -0.25) is 9.59 Å². The van der Waals surface area contributed by atoms with Crippen LogP contribution in [0.2, 0.25) is 5.02 Å². The van der Waals surface area contributed by atoms with Gasteiger partial charge in [0.15, 0.2) is 5.41 Å². The van der Waals surface area contributed by atoms with Crippen molar-refractivity contribution in [2.24, 2.45) is 5.41 Å². The van der Waals surface area contributed by atoms with Gasteiger partial charge in [0, 0.05) is 37.5 Å². The average Bonchev–Trinajstić information content (AvgIpc) is 2.51. The number of hydrogen-bond acceptors (Lipinski definition) is 6. The van der Waals surface area contributed by atoms with Gasteiger partial charge in [-0.15, -0.1) is 0 Å². The summed E-state index contributed by atoms with van der Waals surface area (Å²) in [5.41, 5.74) is 0.358. The molecule has 0 saturated carbocycles. The standard InChI is InChI=1S/C19H22ClNO5/c1-10-9-21-14-7-13(20)6-5-12(14)8-19(15(21)11(2)24-10)16(22)25-18(3,4)26-17(19)23/h5-7,10-11,15H,8-9H2,1-4H3/t10-,11-,15-/m0/s1. The minimum Gasteiger partial charge on any atom is -0.422 e. The zero-order valence-electron chi connectivity index (χ0n) is 15.2. The van der Waals surface area contributed by atoms with Gasteiger partial charge in [0.2, 0.25) is 0 Å². The van der Waals surface area contributed by atoms with E-state index in [4.69, 9.17) is 25.8 Å². The predicted octanol–water partition coefficient (Wildman–Crippen LogP) is 2.70. The molecule has 1 aromatic rings. The maximum atomic E-state index is 13.1. The number of halogens is 1. The Hall–Kier alpha value is -1.79. The molecule has 3 heterocycles. The van der Waals surface area contributed by atoms with Gasteiger partial charge in [0.05, 0.1) is 18.2 Å². The Labute approximate surface area is 157 Å². The second-order valence-corrected chi connectivity index (χ2v) is 8.29. The summed E-state index contributed by atoms with van der Waals surface area (Å²) in [7, 11) is 0. The molecule has 2 fully saturated rings. The number of fused-ring (bicyclic) bond motifs is 4. The maximum absolute atomic E-state index is 13.1. The van der Waals surface area contributed by atoms with Crippen molar-refractivity contribution in [3.63, 3.8) is 0 Å². The van der Waals surface area contributed by atoms with Gasteiger partial charge in [-0.2, -0.15) is 0 Å². The Morgan fingerprint density at radius 2 is 1.81 bits per heavy atom. The largest absolute Gasteiger partial charge is 0.422 e. The van der Waals surface area contributed by atoms with Crippen LogP contribution >= 0.6 is 11.6 Å². The molecule has 0 aliphatic carbocycles. The number of esters is 2. The van der Waals surface area contributed by atoms with E-state index in [2.05, 4.69) is 4.90 Å². The van der Waals surface area contributed by atoms with Crippen molar-refractivity contribution >= 4 is 29.2 Å². The van der Waals surface area contributed by atoms with Crippen LogP contribution < -0.4 is 4.90 Å². The topological polar surface area (TPSA) is 65.1 Å². The predicted molar refractivity (Wildman–Crippen MR) is 95.0 cm³/mol. The lowest BCUT2D eigenvalue weighted by molar-refractivity contribution is -0.256. The first kappa shape index (κ1) is 17.6. The number of benzene rings is 1. The van der Waals surface area contributed by atoms with Crippen LogP contribution in [-0.4, -0.2) is 42.5 Å². The minimum atomic E-state index is -1.45. The van der Waals surface area contributed by atoms with Crippen molar-refractivity contribution in [1.29, 1.82) is 0 Å². The first-order chi connectivity index (χ1) is 12.1. The molecule has 0 amide bonds. The first-order valence-corrected chi connectivity index (χ1v) is 9.19. The fourth-order valence-corrected chi connectivity index (χ4v) is 4.69. The number of cyclic esters (lactones) is 2. The second-order valence-electron chi connectivity index (χ2n) is 7.85. The average molecular weight is 380 g/mol. The molecule has 0 N–H and O–H groups in total. The van der Waals surface area contributed by atoms with Crippen LogP contribution in [0.5, 0.6) is 0 Å². The summed E-state index contributed by atoms with van der Waals surface area (Å²) in [4.78, 5) is 28.3. The summed E-state index contributed by atoms with van der Waals surface area (Å²) in [6.45, 7) is 7.53. The van der Waals surface area contributed by atoms with Crippen LogP contribution in [0.25, 0.3) is 0 Å². The van der Waals surface area contributed by atoms with Crippen molar-refractivity contribution in [3.8, 4) is 0 Å². The van der Waals surface area contributed by atoms with E-state index in [0.29, 0.717) is 11.6 Å². The molecule has 2 saturated heterocycles. The van der Waals surface area contributed by atoms with Gasteiger partial charge in [-0.1, -0.05) is 17.7 Å². The van der Waals surface area contributed by atoms with Crippen LogP contribution in [0.1, 0.15) is 33.3 Å². The van der Waals surface area contributed by atoms with E-state index in [9.17, 15) is 9.59 Å². The highest BCUT2D eigenvalue weighted by atomic mass is 35.5. The van der Waals surface area contributed by atoms with E-state index in [-0.39, 0.29) is 18.6 Å². The molecule has 6 nitrogen and oxygen atoms in total. The van der Waals surface area contributed by atoms with Crippen molar-refractivity contribution in [2.75, 3.05) is 11.4 Å². The van der Waals surface area contributed by atoms with Crippen LogP contribution in [0.15, 0.2) is 18.2 Å². The Kier molecular flexibility index (Phi) is 3.80. The number of morpholine rings is 1. The molecule has 1 spiro atoms. The molecule has 3 atom stereocenters. The molecule has 0 unspecified atom stereocenters. The van der Waals surface area contributed by atoms with Gasteiger partial charge in [0.1, 0.15) is 0 Å². The number of nitrogens with zero attached hydrogens (tertiary/aromatic N) is 1. The second kappa shape index (κ2) is 5.60. The highest BCUT2D eigenvalue weighted by Crippen LogP contribution is 2.49. The highest BCUT2D eigenvalue weighted by molar-refractivity contribution is 6.30. The van der Waals surface area contributed by atoms with Crippen LogP contribution in [0, 0.1) is 5.41 Å². The van der Waals surface area contributed by atoms with Crippen LogP contribution in [0.3, 0.4) is 0 Å². The summed E-state index contributed by atoms with van der Waals surface area (Å²) in [5.74, 6) is -2.38. The van der Waals surface area contributed by atoms with E-state index < -0.39 is 29.2 Å². The quantitative estimate of drug-likeness (QED) is 0.510. The van der Waals surface area contributed by atoms with E-state index in [1.54, 1.807) is 19.9 Å². The molecule has 7 heteroatoms. The fraction of sp³-hybridized carbons (Fsp3) is 0.579.